The fourth-order valence-corrected chi connectivity index (χ4v) is 2.81. The summed E-state index contributed by atoms with van der Waals surface area (Å²) in [5.74, 6) is -8.24. The predicted octanol–water partition coefficient (Wildman–Crippen LogP) is -2.39. The Morgan fingerprint density at radius 1 is 0.857 bits per heavy atom. The molecule has 0 aliphatic carbocycles. The van der Waals surface area contributed by atoms with E-state index in [-0.39, 0.29) is 12.2 Å². The second-order valence-corrected chi connectivity index (χ2v) is 6.80. The minimum atomic E-state index is -1.53. The molecule has 2 amide bonds. The third-order valence-electron chi connectivity index (χ3n) is 3.28. The van der Waals surface area contributed by atoms with Crippen LogP contribution in [0.2, 0.25) is 0 Å². The van der Waals surface area contributed by atoms with Gasteiger partial charge in [-0.15, -0.1) is 11.8 Å². The lowest BCUT2D eigenvalue weighted by Crippen LogP contribution is -2.50. The van der Waals surface area contributed by atoms with Gasteiger partial charge in [-0.1, -0.05) is 0 Å². The Morgan fingerprint density at radius 3 is 1.86 bits per heavy atom. The van der Waals surface area contributed by atoms with Gasteiger partial charge in [0.05, 0.1) is 12.5 Å². The van der Waals surface area contributed by atoms with E-state index in [0.29, 0.717) is 16.7 Å². The molecule has 8 N–H and O–H groups in total. The molecular weight excluding hydrogens is 402 g/mol. The first-order chi connectivity index (χ1) is 12.9. The molecule has 0 heterocycles. The van der Waals surface area contributed by atoms with E-state index in [4.69, 9.17) is 31.9 Å². The van der Waals surface area contributed by atoms with E-state index >= 15 is 0 Å². The van der Waals surface area contributed by atoms with Crippen LogP contribution < -0.4 is 11.5 Å². The molecule has 158 valence electrons. The summed E-state index contributed by atoms with van der Waals surface area (Å²) < 4.78 is 0. The summed E-state index contributed by atoms with van der Waals surface area (Å²) in [5, 5.41) is 33.8. The number of carbonyl (C=O) groups is 6. The third-order valence-corrected chi connectivity index (χ3v) is 4.60. The first-order valence-corrected chi connectivity index (χ1v) is 8.77. The van der Waals surface area contributed by atoms with Crippen molar-refractivity contribution in [3.63, 3.8) is 0 Å². The lowest BCUT2D eigenvalue weighted by Gasteiger charge is -2.23. The van der Waals surface area contributed by atoms with Gasteiger partial charge in [-0.05, 0) is 6.42 Å². The maximum Gasteiger partial charge on any atom is 0.323 e. The molecule has 0 aromatic rings. The van der Waals surface area contributed by atoms with Crippen molar-refractivity contribution in [2.24, 2.45) is 11.5 Å². The Kier molecular flexibility index (Phi) is 10.7. The van der Waals surface area contributed by atoms with Crippen LogP contribution in [-0.4, -0.2) is 90.6 Å². The van der Waals surface area contributed by atoms with E-state index in [1.54, 1.807) is 0 Å². The Balaban J connectivity index is 5.04. The number of hydrogen-bond acceptors (Lipinski definition) is 9. The quantitative estimate of drug-likeness (QED) is 0.181. The van der Waals surface area contributed by atoms with Crippen molar-refractivity contribution < 1.29 is 49.2 Å². The molecule has 0 saturated carbocycles. The van der Waals surface area contributed by atoms with Crippen LogP contribution in [0.3, 0.4) is 0 Å². The van der Waals surface area contributed by atoms with Crippen molar-refractivity contribution in [3.05, 3.63) is 0 Å². The monoisotopic (exact) mass is 423 g/mol. The van der Waals surface area contributed by atoms with E-state index in [0.717, 1.165) is 0 Å². The smallest absolute Gasteiger partial charge is 0.323 e. The minimum absolute atomic E-state index is 0.315. The molecule has 28 heavy (non-hydrogen) atoms. The van der Waals surface area contributed by atoms with Gasteiger partial charge in [-0.25, -0.2) is 0 Å². The van der Waals surface area contributed by atoms with Crippen molar-refractivity contribution in [1.82, 2.24) is 4.90 Å². The first-order valence-electron chi connectivity index (χ1n) is 7.73. The molecule has 0 aromatic heterocycles. The standard InChI is InChI=1S/C14H21N3O10S/c15-6(13(24)25)1-2-9(18)17(4-11(21)22)12(23)7(16)5-28-8(14(26)27)3-10(19)20/h6-8H,1-5,15-16H2,(H,19,20)(H,21,22)(H,24,25)(H,26,27). The summed E-state index contributed by atoms with van der Waals surface area (Å²) >= 11 is 0.555. The number of rotatable bonds is 13. The number of carboxylic acids is 4. The number of thioether (sulfide) groups is 1. The highest BCUT2D eigenvalue weighted by Gasteiger charge is 2.31. The molecule has 13 nitrogen and oxygen atoms in total. The zero-order valence-corrected chi connectivity index (χ0v) is 15.3. The van der Waals surface area contributed by atoms with Crippen LogP contribution in [0.5, 0.6) is 0 Å². The zero-order valence-electron chi connectivity index (χ0n) is 14.5. The number of aliphatic carboxylic acids is 4. The Morgan fingerprint density at radius 2 is 1.43 bits per heavy atom. The highest BCUT2D eigenvalue weighted by atomic mass is 32.2. The molecule has 0 fully saturated rings. The van der Waals surface area contributed by atoms with Gasteiger partial charge in [0.25, 0.3) is 0 Å². The molecule has 14 heteroatoms. The second-order valence-electron chi connectivity index (χ2n) is 5.56. The molecule has 0 saturated heterocycles. The van der Waals surface area contributed by atoms with E-state index in [9.17, 15) is 28.8 Å². The molecule has 0 spiro atoms. The van der Waals surface area contributed by atoms with Gasteiger partial charge < -0.3 is 31.9 Å². The van der Waals surface area contributed by atoms with Crippen LogP contribution >= 0.6 is 11.8 Å². The summed E-state index contributed by atoms with van der Waals surface area (Å²) in [6.07, 6.45) is -1.60. The molecule has 0 rings (SSSR count). The van der Waals surface area contributed by atoms with E-state index in [1.165, 1.54) is 0 Å². The minimum Gasteiger partial charge on any atom is -0.481 e. The highest BCUT2D eigenvalue weighted by Crippen LogP contribution is 2.17. The zero-order chi connectivity index (χ0) is 22.0. The number of nitrogens with two attached hydrogens (primary N) is 2. The van der Waals surface area contributed by atoms with Gasteiger partial charge in [-0.3, -0.25) is 33.7 Å². The fraction of sp³-hybridized carbons (Fsp3) is 0.571. The third kappa shape index (κ3) is 9.29. The van der Waals surface area contributed by atoms with Gasteiger partial charge >= 0.3 is 23.9 Å². The van der Waals surface area contributed by atoms with Gasteiger partial charge in [0.1, 0.15) is 17.8 Å². The summed E-state index contributed by atoms with van der Waals surface area (Å²) in [6.45, 7) is -1.03. The molecule has 0 aromatic carbocycles. The predicted molar refractivity (Wildman–Crippen MR) is 93.3 cm³/mol. The molecule has 0 bridgehead atoms. The molecule has 0 aliphatic rings. The maximum atomic E-state index is 12.3. The topological polar surface area (TPSA) is 239 Å². The van der Waals surface area contributed by atoms with E-state index in [1.807, 2.05) is 0 Å². The summed E-state index contributed by atoms with van der Waals surface area (Å²) in [6, 6.07) is -2.88. The number of hydrogen-bond donors (Lipinski definition) is 6. The Bertz CT molecular complexity index is 641. The summed E-state index contributed by atoms with van der Waals surface area (Å²) in [7, 11) is 0. The summed E-state index contributed by atoms with van der Waals surface area (Å²) in [4.78, 5) is 67.9. The van der Waals surface area contributed by atoms with Gasteiger partial charge in [0.2, 0.25) is 11.8 Å². The van der Waals surface area contributed by atoms with Gasteiger partial charge in [0.15, 0.2) is 0 Å². The average Bonchev–Trinajstić information content (AvgIpc) is 2.58. The van der Waals surface area contributed by atoms with Crippen LogP contribution in [0.4, 0.5) is 0 Å². The van der Waals surface area contributed by atoms with Crippen LogP contribution in [-0.2, 0) is 28.8 Å². The van der Waals surface area contributed by atoms with Crippen LogP contribution in [0.15, 0.2) is 0 Å². The van der Waals surface area contributed by atoms with Crippen LogP contribution in [0, 0.1) is 0 Å². The van der Waals surface area contributed by atoms with Crippen molar-refractivity contribution in [2.75, 3.05) is 12.3 Å². The number of amides is 2. The van der Waals surface area contributed by atoms with Crippen LogP contribution in [0.1, 0.15) is 19.3 Å². The van der Waals surface area contributed by atoms with E-state index < -0.39 is 72.4 Å². The van der Waals surface area contributed by atoms with Crippen molar-refractivity contribution in [1.29, 1.82) is 0 Å². The van der Waals surface area contributed by atoms with Gasteiger partial charge in [-0.2, -0.15) is 0 Å². The van der Waals surface area contributed by atoms with Crippen LogP contribution in [0.25, 0.3) is 0 Å². The first kappa shape index (κ1) is 25.3. The average molecular weight is 423 g/mol. The highest BCUT2D eigenvalue weighted by molar-refractivity contribution is 8.00. The number of carbonyl (C=O) groups excluding carboxylic acids is 2. The molecule has 0 radical (unpaired) electrons. The summed E-state index contributed by atoms with van der Waals surface area (Å²) in [5.41, 5.74) is 10.8. The molecule has 0 aliphatic heterocycles. The number of carboxylic acid groups (broad SMARTS) is 4. The maximum absolute atomic E-state index is 12.3. The van der Waals surface area contributed by atoms with Crippen molar-refractivity contribution in [3.8, 4) is 0 Å². The van der Waals surface area contributed by atoms with E-state index in [2.05, 4.69) is 0 Å². The second kappa shape index (κ2) is 11.9. The Labute approximate surface area is 162 Å². The lowest BCUT2D eigenvalue weighted by molar-refractivity contribution is -0.153. The normalized spacial score (nSPS) is 13.8. The lowest BCUT2D eigenvalue weighted by atomic mass is 10.1. The molecule has 3 unspecified atom stereocenters. The van der Waals surface area contributed by atoms with Crippen molar-refractivity contribution >= 4 is 47.5 Å². The number of nitrogens with zero attached hydrogens (tertiary/aromatic N) is 1. The van der Waals surface area contributed by atoms with Crippen molar-refractivity contribution in [2.45, 2.75) is 36.6 Å². The number of imide groups is 1. The largest absolute Gasteiger partial charge is 0.481 e. The molecular formula is C14H21N3O10S. The molecule has 3 atom stereocenters. The Hall–Kier alpha value is -2.71. The fourth-order valence-electron chi connectivity index (χ4n) is 1.83. The van der Waals surface area contributed by atoms with Gasteiger partial charge in [0, 0.05) is 12.2 Å². The SMILES string of the molecule is NC(CCC(=O)N(CC(=O)O)C(=O)C(N)CSC(CC(=O)O)C(=O)O)C(=O)O.